The van der Waals surface area contributed by atoms with Crippen LogP contribution in [0.25, 0.3) is 0 Å². The molecule has 0 radical (unpaired) electrons. The van der Waals surface area contributed by atoms with Crippen molar-refractivity contribution in [3.63, 3.8) is 0 Å². The van der Waals surface area contributed by atoms with Crippen LogP contribution >= 0.6 is 0 Å². The number of H-pyrrole nitrogens is 1. The van der Waals surface area contributed by atoms with Crippen LogP contribution in [-0.4, -0.2) is 62.4 Å². The largest absolute Gasteiger partial charge is 0.465 e. The van der Waals surface area contributed by atoms with Gasteiger partial charge in [0.1, 0.15) is 5.82 Å². The second kappa shape index (κ2) is 5.86. The van der Waals surface area contributed by atoms with E-state index in [0.717, 1.165) is 24.7 Å². The van der Waals surface area contributed by atoms with E-state index < -0.39 is 6.09 Å². The van der Waals surface area contributed by atoms with Crippen LogP contribution in [-0.2, 0) is 0 Å². The Kier molecular flexibility index (Phi) is 3.47. The van der Waals surface area contributed by atoms with Crippen molar-refractivity contribution < 1.29 is 9.90 Å². The lowest BCUT2D eigenvalue weighted by molar-refractivity contribution is 0.0464. The van der Waals surface area contributed by atoms with E-state index >= 15 is 0 Å². The van der Waals surface area contributed by atoms with E-state index in [1.165, 1.54) is 23.4 Å². The summed E-state index contributed by atoms with van der Waals surface area (Å²) in [6.45, 7) is 3.07. The number of hydrogen-bond donors (Lipinski definition) is 3. The minimum absolute atomic E-state index is 0.466. The zero-order chi connectivity index (χ0) is 17.7. The van der Waals surface area contributed by atoms with E-state index in [-0.39, 0.29) is 0 Å². The highest BCUT2D eigenvalue weighted by molar-refractivity contribution is 5.66. The first-order chi connectivity index (χ1) is 12.7. The number of carbonyl (C=O) groups is 1. The lowest BCUT2D eigenvalue weighted by Gasteiger charge is -2.49. The van der Waals surface area contributed by atoms with Gasteiger partial charge in [0.2, 0.25) is 5.95 Å². The SMILES string of the molecule is O=C(O)N1CC(C2CN(c3nccc(Nc4cc(C5CC5)[nH]n4)n3)C2)C1. The average molecular weight is 355 g/mol. The van der Waals surface area contributed by atoms with Crippen molar-refractivity contribution in [1.82, 2.24) is 25.1 Å². The van der Waals surface area contributed by atoms with E-state index in [1.807, 2.05) is 12.1 Å². The highest BCUT2D eigenvalue weighted by Crippen LogP contribution is 2.39. The number of amides is 1. The number of rotatable bonds is 5. The molecule has 4 heterocycles. The highest BCUT2D eigenvalue weighted by Gasteiger charge is 2.42. The summed E-state index contributed by atoms with van der Waals surface area (Å²) in [6.07, 6.45) is 3.41. The maximum absolute atomic E-state index is 10.9. The quantitative estimate of drug-likeness (QED) is 0.751. The number of likely N-dealkylation sites (tertiary alicyclic amines) is 1. The lowest BCUT2D eigenvalue weighted by Crippen LogP contribution is -2.61. The van der Waals surface area contributed by atoms with Crippen LogP contribution in [0.2, 0.25) is 0 Å². The van der Waals surface area contributed by atoms with E-state index in [1.54, 1.807) is 6.20 Å². The molecule has 2 aliphatic heterocycles. The molecule has 2 saturated heterocycles. The van der Waals surface area contributed by atoms with E-state index in [9.17, 15) is 4.79 Å². The monoisotopic (exact) mass is 355 g/mol. The molecular formula is C17H21N7O2. The van der Waals surface area contributed by atoms with Crippen LogP contribution in [0.1, 0.15) is 24.5 Å². The number of carboxylic acid groups (broad SMARTS) is 1. The van der Waals surface area contributed by atoms with Gasteiger partial charge in [0.15, 0.2) is 5.82 Å². The topological polar surface area (TPSA) is 110 Å². The number of hydrogen-bond acceptors (Lipinski definition) is 6. The Balaban J connectivity index is 1.17. The number of nitrogens with zero attached hydrogens (tertiary/aromatic N) is 5. The molecule has 0 atom stereocenters. The molecule has 0 aromatic carbocycles. The molecule has 9 heteroatoms. The molecule has 136 valence electrons. The smallest absolute Gasteiger partial charge is 0.407 e. The summed E-state index contributed by atoms with van der Waals surface area (Å²) in [4.78, 5) is 23.4. The van der Waals surface area contributed by atoms with Crippen molar-refractivity contribution in [3.8, 4) is 0 Å². The Bertz CT molecular complexity index is 822. The van der Waals surface area contributed by atoms with Crippen LogP contribution in [0.15, 0.2) is 18.3 Å². The highest BCUT2D eigenvalue weighted by atomic mass is 16.4. The van der Waals surface area contributed by atoms with Crippen molar-refractivity contribution in [2.24, 2.45) is 11.8 Å². The van der Waals surface area contributed by atoms with Crippen LogP contribution < -0.4 is 10.2 Å². The van der Waals surface area contributed by atoms with Gasteiger partial charge in [0, 0.05) is 61.9 Å². The third-order valence-electron chi connectivity index (χ3n) is 5.55. The van der Waals surface area contributed by atoms with E-state index in [4.69, 9.17) is 5.11 Å². The fourth-order valence-electron chi connectivity index (χ4n) is 3.65. The summed E-state index contributed by atoms with van der Waals surface area (Å²) in [6, 6.07) is 3.88. The van der Waals surface area contributed by atoms with Gasteiger partial charge in [-0.25, -0.2) is 9.78 Å². The molecule has 3 N–H and O–H groups in total. The molecule has 26 heavy (non-hydrogen) atoms. The summed E-state index contributed by atoms with van der Waals surface area (Å²) in [7, 11) is 0. The van der Waals surface area contributed by atoms with Gasteiger partial charge >= 0.3 is 6.09 Å². The Hall–Kier alpha value is -2.84. The first kappa shape index (κ1) is 15.4. The van der Waals surface area contributed by atoms with Gasteiger partial charge in [-0.1, -0.05) is 0 Å². The molecule has 2 aromatic heterocycles. The third-order valence-corrected chi connectivity index (χ3v) is 5.55. The molecule has 0 bridgehead atoms. The minimum Gasteiger partial charge on any atom is -0.465 e. The van der Waals surface area contributed by atoms with Gasteiger partial charge in [0.05, 0.1) is 0 Å². The Morgan fingerprint density at radius 2 is 1.96 bits per heavy atom. The van der Waals surface area contributed by atoms with Crippen LogP contribution in [0, 0.1) is 11.8 Å². The number of nitrogens with one attached hydrogen (secondary N) is 2. The first-order valence-corrected chi connectivity index (χ1v) is 9.04. The fraction of sp³-hybridized carbons (Fsp3) is 0.529. The summed E-state index contributed by atoms with van der Waals surface area (Å²) in [5, 5.41) is 19.5. The number of anilines is 3. The molecule has 1 aliphatic carbocycles. The number of aromatic nitrogens is 4. The minimum atomic E-state index is -0.817. The predicted octanol–water partition coefficient (Wildman–Crippen LogP) is 1.87. The summed E-state index contributed by atoms with van der Waals surface area (Å²) >= 11 is 0. The molecule has 2 aromatic rings. The zero-order valence-electron chi connectivity index (χ0n) is 14.3. The number of aromatic amines is 1. The molecule has 9 nitrogen and oxygen atoms in total. The standard InChI is InChI=1S/C17H21N7O2/c25-17(26)24-8-12(9-24)11-6-23(7-11)16-18-4-3-14(20-16)19-15-5-13(21-22-15)10-1-2-10/h3-5,10-12H,1-2,6-9H2,(H,25,26)(H2,18,19,20,21,22). The van der Waals surface area contributed by atoms with Gasteiger partial charge in [-0.2, -0.15) is 10.1 Å². The molecule has 3 aliphatic rings. The second-order valence-electron chi connectivity index (χ2n) is 7.46. The normalized spacial score (nSPS) is 20.6. The summed E-state index contributed by atoms with van der Waals surface area (Å²) in [5.41, 5.74) is 1.18. The molecule has 0 unspecified atom stereocenters. The molecule has 0 spiro atoms. The summed E-state index contributed by atoms with van der Waals surface area (Å²) in [5.74, 6) is 3.85. The molecule has 1 amide bonds. The van der Waals surface area contributed by atoms with Crippen molar-refractivity contribution in [2.75, 3.05) is 36.4 Å². The Morgan fingerprint density at radius 1 is 1.19 bits per heavy atom. The van der Waals surface area contributed by atoms with Gasteiger partial charge in [-0.05, 0) is 18.9 Å². The molecule has 3 fully saturated rings. The van der Waals surface area contributed by atoms with Crippen molar-refractivity contribution >= 4 is 23.7 Å². The Labute approximate surface area is 150 Å². The van der Waals surface area contributed by atoms with E-state index in [2.05, 4.69) is 30.4 Å². The predicted molar refractivity (Wildman–Crippen MR) is 94.7 cm³/mol. The average Bonchev–Trinajstić information content (AvgIpc) is 3.28. The van der Waals surface area contributed by atoms with Gasteiger partial charge < -0.3 is 20.2 Å². The summed E-state index contributed by atoms with van der Waals surface area (Å²) < 4.78 is 0. The molecule has 1 saturated carbocycles. The van der Waals surface area contributed by atoms with E-state index in [0.29, 0.717) is 36.8 Å². The van der Waals surface area contributed by atoms with Crippen LogP contribution in [0.4, 0.5) is 22.4 Å². The lowest BCUT2D eigenvalue weighted by atomic mass is 9.81. The zero-order valence-corrected chi connectivity index (χ0v) is 14.3. The van der Waals surface area contributed by atoms with Gasteiger partial charge in [0.25, 0.3) is 0 Å². The van der Waals surface area contributed by atoms with Crippen molar-refractivity contribution in [3.05, 3.63) is 24.0 Å². The second-order valence-corrected chi connectivity index (χ2v) is 7.46. The van der Waals surface area contributed by atoms with Gasteiger partial charge in [-0.3, -0.25) is 5.10 Å². The maximum atomic E-state index is 10.9. The maximum Gasteiger partial charge on any atom is 0.407 e. The van der Waals surface area contributed by atoms with Crippen molar-refractivity contribution in [2.45, 2.75) is 18.8 Å². The third kappa shape index (κ3) is 2.83. The van der Waals surface area contributed by atoms with Crippen LogP contribution in [0.3, 0.4) is 0 Å². The fourth-order valence-corrected chi connectivity index (χ4v) is 3.65. The first-order valence-electron chi connectivity index (χ1n) is 9.04. The van der Waals surface area contributed by atoms with Gasteiger partial charge in [-0.15, -0.1) is 0 Å². The molecular weight excluding hydrogens is 334 g/mol. The van der Waals surface area contributed by atoms with Crippen molar-refractivity contribution in [1.29, 1.82) is 0 Å². The Morgan fingerprint density at radius 3 is 2.69 bits per heavy atom. The van der Waals surface area contributed by atoms with Crippen LogP contribution in [0.5, 0.6) is 0 Å². The molecule has 5 rings (SSSR count).